The maximum Gasteiger partial charge on any atom is 0.191 e. The largest absolute Gasteiger partial charge is 0.357 e. The van der Waals surface area contributed by atoms with Crippen LogP contribution in [0, 0.1) is 5.92 Å². The molecule has 0 aromatic heterocycles. The molecule has 2 N–H and O–H groups in total. The number of hydrogen-bond donors (Lipinski definition) is 2. The third-order valence-electron chi connectivity index (χ3n) is 5.29. The van der Waals surface area contributed by atoms with Crippen LogP contribution in [0.25, 0.3) is 0 Å². The van der Waals surface area contributed by atoms with Gasteiger partial charge in [0.2, 0.25) is 0 Å². The average Bonchev–Trinajstić information content (AvgIpc) is 2.58. The molecule has 6 heteroatoms. The van der Waals surface area contributed by atoms with E-state index in [0.717, 1.165) is 38.1 Å². The van der Waals surface area contributed by atoms with Gasteiger partial charge >= 0.3 is 0 Å². The zero-order chi connectivity index (χ0) is 18.7. The highest BCUT2D eigenvalue weighted by Crippen LogP contribution is 2.20. The van der Waals surface area contributed by atoms with Crippen molar-refractivity contribution in [2.24, 2.45) is 10.9 Å². The van der Waals surface area contributed by atoms with Gasteiger partial charge in [0, 0.05) is 38.3 Å². The predicted octanol–water partition coefficient (Wildman–Crippen LogP) is 3.40. The number of aliphatic imine (C=N–C) groups is 1. The minimum atomic E-state index is 0. The molecule has 0 atom stereocenters. The first-order valence-corrected chi connectivity index (χ1v) is 10.5. The fourth-order valence-corrected chi connectivity index (χ4v) is 3.71. The van der Waals surface area contributed by atoms with Crippen molar-refractivity contribution in [3.05, 3.63) is 0 Å². The smallest absolute Gasteiger partial charge is 0.191 e. The van der Waals surface area contributed by atoms with Gasteiger partial charge < -0.3 is 15.5 Å². The normalized spacial score (nSPS) is 17.0. The van der Waals surface area contributed by atoms with Crippen molar-refractivity contribution in [3.63, 3.8) is 0 Å². The summed E-state index contributed by atoms with van der Waals surface area (Å²) in [4.78, 5) is 9.86. The van der Waals surface area contributed by atoms with E-state index in [1.165, 1.54) is 38.9 Å². The predicted molar refractivity (Wildman–Crippen MR) is 126 cm³/mol. The fourth-order valence-electron chi connectivity index (χ4n) is 3.71. The van der Waals surface area contributed by atoms with Crippen molar-refractivity contribution in [3.8, 4) is 0 Å². The van der Waals surface area contributed by atoms with Crippen molar-refractivity contribution >= 4 is 29.9 Å². The van der Waals surface area contributed by atoms with Crippen LogP contribution in [0.4, 0.5) is 0 Å². The molecule has 26 heavy (non-hydrogen) atoms. The summed E-state index contributed by atoms with van der Waals surface area (Å²) in [5.74, 6) is 1.83. The van der Waals surface area contributed by atoms with E-state index in [9.17, 15) is 0 Å². The maximum absolute atomic E-state index is 4.80. The third kappa shape index (κ3) is 10.3. The standard InChI is InChI=1S/C20H43N5.HI/c1-7-21-20(23-13-16-25(17(3)4)18(5)6)22-12-9-19-10-14-24(8-2)15-11-19;/h17-19H,7-16H2,1-6H3,(H2,21,22,23);1H. The molecule has 1 fully saturated rings. The van der Waals surface area contributed by atoms with E-state index >= 15 is 0 Å². The van der Waals surface area contributed by atoms with E-state index in [1.54, 1.807) is 0 Å². The zero-order valence-corrected chi connectivity index (χ0v) is 20.4. The number of hydrogen-bond acceptors (Lipinski definition) is 3. The average molecular weight is 482 g/mol. The van der Waals surface area contributed by atoms with E-state index < -0.39 is 0 Å². The lowest BCUT2D eigenvalue weighted by Crippen LogP contribution is -2.45. The van der Waals surface area contributed by atoms with Crippen LogP contribution >= 0.6 is 24.0 Å². The lowest BCUT2D eigenvalue weighted by Gasteiger charge is -2.31. The van der Waals surface area contributed by atoms with Crippen LogP contribution in [-0.4, -0.2) is 73.7 Å². The molecular weight excluding hydrogens is 437 g/mol. The second-order valence-corrected chi connectivity index (χ2v) is 7.78. The van der Waals surface area contributed by atoms with Gasteiger partial charge in [-0.05, 0) is 79.4 Å². The zero-order valence-electron chi connectivity index (χ0n) is 18.1. The topological polar surface area (TPSA) is 42.9 Å². The van der Waals surface area contributed by atoms with Gasteiger partial charge in [-0.15, -0.1) is 24.0 Å². The number of nitrogens with one attached hydrogen (secondary N) is 2. The summed E-state index contributed by atoms with van der Waals surface area (Å²) in [5.41, 5.74) is 0. The molecule has 1 saturated heterocycles. The Morgan fingerprint density at radius 2 is 1.69 bits per heavy atom. The van der Waals surface area contributed by atoms with Gasteiger partial charge in [-0.3, -0.25) is 9.89 Å². The number of guanidine groups is 1. The monoisotopic (exact) mass is 481 g/mol. The van der Waals surface area contributed by atoms with E-state index in [2.05, 4.69) is 62.0 Å². The highest BCUT2D eigenvalue weighted by Gasteiger charge is 2.17. The van der Waals surface area contributed by atoms with Gasteiger partial charge in [0.05, 0.1) is 0 Å². The first kappa shape index (κ1) is 25.9. The van der Waals surface area contributed by atoms with Crippen molar-refractivity contribution < 1.29 is 0 Å². The molecule has 0 aromatic carbocycles. The van der Waals surface area contributed by atoms with E-state index in [4.69, 9.17) is 4.99 Å². The summed E-state index contributed by atoms with van der Waals surface area (Å²) in [6.45, 7) is 21.0. The Kier molecular flexibility index (Phi) is 14.9. The molecule has 1 aliphatic heterocycles. The maximum atomic E-state index is 4.80. The van der Waals surface area contributed by atoms with E-state index in [0.29, 0.717) is 12.1 Å². The van der Waals surface area contributed by atoms with Gasteiger partial charge in [-0.25, -0.2) is 0 Å². The molecule has 0 aromatic rings. The summed E-state index contributed by atoms with van der Waals surface area (Å²) >= 11 is 0. The Morgan fingerprint density at radius 3 is 2.19 bits per heavy atom. The van der Waals surface area contributed by atoms with E-state index in [1.807, 2.05) is 0 Å². The number of rotatable bonds is 10. The van der Waals surface area contributed by atoms with Crippen molar-refractivity contribution in [1.29, 1.82) is 0 Å². The molecule has 0 aliphatic carbocycles. The van der Waals surface area contributed by atoms with Crippen LogP contribution in [0.3, 0.4) is 0 Å². The molecule has 5 nitrogen and oxygen atoms in total. The number of halogens is 1. The van der Waals surface area contributed by atoms with E-state index in [-0.39, 0.29) is 24.0 Å². The van der Waals surface area contributed by atoms with Gasteiger partial charge in [0.15, 0.2) is 5.96 Å². The number of nitrogens with zero attached hydrogens (tertiary/aromatic N) is 3. The van der Waals surface area contributed by atoms with Crippen molar-refractivity contribution in [1.82, 2.24) is 20.4 Å². The molecule has 1 rings (SSSR count). The van der Waals surface area contributed by atoms with Gasteiger partial charge in [0.1, 0.15) is 0 Å². The molecule has 156 valence electrons. The summed E-state index contributed by atoms with van der Waals surface area (Å²) in [6.07, 6.45) is 3.90. The summed E-state index contributed by atoms with van der Waals surface area (Å²) < 4.78 is 0. The van der Waals surface area contributed by atoms with Gasteiger partial charge in [-0.2, -0.15) is 0 Å². The number of piperidine rings is 1. The highest BCUT2D eigenvalue weighted by molar-refractivity contribution is 14.0. The lowest BCUT2D eigenvalue weighted by molar-refractivity contribution is 0.178. The Labute approximate surface area is 179 Å². The minimum absolute atomic E-state index is 0. The molecule has 0 unspecified atom stereocenters. The van der Waals surface area contributed by atoms with Crippen LogP contribution in [0.5, 0.6) is 0 Å². The molecule has 0 bridgehead atoms. The highest BCUT2D eigenvalue weighted by atomic mass is 127. The lowest BCUT2D eigenvalue weighted by atomic mass is 9.94. The molecule has 0 spiro atoms. The Balaban J connectivity index is 0.00000625. The molecular formula is C20H44IN5. The molecule has 1 aliphatic rings. The summed E-state index contributed by atoms with van der Waals surface area (Å²) in [7, 11) is 0. The second kappa shape index (κ2) is 14.9. The molecule has 1 heterocycles. The SMILES string of the molecule is CCNC(=NCCC1CCN(CC)CC1)NCCN(C(C)C)C(C)C.I. The Hall–Kier alpha value is -0.0800. The second-order valence-electron chi connectivity index (χ2n) is 7.78. The van der Waals surface area contributed by atoms with Crippen LogP contribution in [0.2, 0.25) is 0 Å². The summed E-state index contributed by atoms with van der Waals surface area (Å²) in [5, 5.41) is 6.88. The first-order chi connectivity index (χ1) is 12.0. The van der Waals surface area contributed by atoms with Gasteiger partial charge in [0.25, 0.3) is 0 Å². The first-order valence-electron chi connectivity index (χ1n) is 10.5. The molecule has 0 saturated carbocycles. The van der Waals surface area contributed by atoms with Gasteiger partial charge in [-0.1, -0.05) is 6.92 Å². The molecule has 0 amide bonds. The number of likely N-dealkylation sites (tertiary alicyclic amines) is 1. The van der Waals surface area contributed by atoms with Crippen LogP contribution < -0.4 is 10.6 Å². The Morgan fingerprint density at radius 1 is 1.08 bits per heavy atom. The van der Waals surface area contributed by atoms with Crippen LogP contribution in [0.1, 0.15) is 60.8 Å². The Bertz CT molecular complexity index is 357. The van der Waals surface area contributed by atoms with Crippen LogP contribution in [0.15, 0.2) is 4.99 Å². The minimum Gasteiger partial charge on any atom is -0.357 e. The molecule has 0 radical (unpaired) electrons. The van der Waals surface area contributed by atoms with Crippen molar-refractivity contribution in [2.75, 3.05) is 45.8 Å². The fraction of sp³-hybridized carbons (Fsp3) is 0.950. The third-order valence-corrected chi connectivity index (χ3v) is 5.29. The summed E-state index contributed by atoms with van der Waals surface area (Å²) in [6, 6.07) is 1.16. The van der Waals surface area contributed by atoms with Crippen molar-refractivity contribution in [2.45, 2.75) is 72.9 Å². The quantitative estimate of drug-likeness (QED) is 0.285. The van der Waals surface area contributed by atoms with Crippen LogP contribution in [-0.2, 0) is 0 Å².